The van der Waals surface area contributed by atoms with Gasteiger partial charge in [-0.2, -0.15) is 0 Å². The molecule has 0 N–H and O–H groups in total. The van der Waals surface area contributed by atoms with Crippen molar-refractivity contribution in [1.82, 2.24) is 0 Å². The van der Waals surface area contributed by atoms with E-state index in [0.717, 1.165) is 11.3 Å². The van der Waals surface area contributed by atoms with E-state index in [4.69, 9.17) is 0 Å². The first kappa shape index (κ1) is 22.1. The Morgan fingerprint density at radius 2 is 1.51 bits per heavy atom. The molecule has 1 saturated heterocycles. The Hall–Kier alpha value is -4.16. The Labute approximate surface area is 216 Å². The van der Waals surface area contributed by atoms with Gasteiger partial charge >= 0.3 is 0 Å². The Morgan fingerprint density at radius 1 is 0.838 bits per heavy atom. The molecule has 0 bridgehead atoms. The van der Waals surface area contributed by atoms with Crippen molar-refractivity contribution < 1.29 is 18.8 Å². The molecule has 6 heteroatoms. The van der Waals surface area contributed by atoms with Crippen LogP contribution in [0.15, 0.2) is 96.4 Å². The van der Waals surface area contributed by atoms with Gasteiger partial charge in [0.25, 0.3) is 0 Å². The van der Waals surface area contributed by atoms with Crippen molar-refractivity contribution in [3.8, 4) is 0 Å². The summed E-state index contributed by atoms with van der Waals surface area (Å²) in [5.74, 6) is -2.52. The molecule has 1 aromatic heterocycles. The van der Waals surface area contributed by atoms with Gasteiger partial charge in [-0.05, 0) is 34.7 Å². The smallest absolute Gasteiger partial charge is 0.195 e. The summed E-state index contributed by atoms with van der Waals surface area (Å²) in [6, 6.07) is 22.4. The molecule has 3 atom stereocenters. The lowest BCUT2D eigenvalue weighted by atomic mass is 9.64. The Balaban J connectivity index is 1.58. The van der Waals surface area contributed by atoms with E-state index in [9.17, 15) is 14.4 Å². The van der Waals surface area contributed by atoms with Gasteiger partial charge in [-0.1, -0.05) is 78.9 Å². The molecule has 1 aliphatic carbocycles. The molecule has 180 valence electrons. The van der Waals surface area contributed by atoms with Crippen molar-refractivity contribution in [2.45, 2.75) is 18.0 Å². The zero-order chi connectivity index (χ0) is 25.3. The monoisotopic (exact) mass is 505 g/mol. The minimum absolute atomic E-state index is 0.201. The molecule has 1 fully saturated rings. The fourth-order valence-corrected chi connectivity index (χ4v) is 7.25. The number of nitrogens with zero attached hydrogens (tertiary/aromatic N) is 1. The number of anilines is 1. The summed E-state index contributed by atoms with van der Waals surface area (Å²) >= 11 is 1.30. The normalized spacial score (nSPS) is 22.7. The maximum absolute atomic E-state index is 15.6. The topological polar surface area (TPSA) is 54.5 Å². The van der Waals surface area contributed by atoms with Crippen molar-refractivity contribution in [3.63, 3.8) is 0 Å². The lowest BCUT2D eigenvalue weighted by Gasteiger charge is -2.37. The summed E-state index contributed by atoms with van der Waals surface area (Å²) in [6.45, 7) is 0. The Bertz CT molecular complexity index is 1600. The van der Waals surface area contributed by atoms with E-state index in [-0.39, 0.29) is 22.9 Å². The molecule has 37 heavy (non-hydrogen) atoms. The predicted molar refractivity (Wildman–Crippen MR) is 141 cm³/mol. The van der Waals surface area contributed by atoms with Crippen LogP contribution in [0.4, 0.5) is 10.1 Å². The average molecular weight is 506 g/mol. The van der Waals surface area contributed by atoms with Gasteiger partial charge in [-0.3, -0.25) is 14.4 Å². The number of fused-ring (bicyclic) bond motifs is 5. The highest BCUT2D eigenvalue weighted by molar-refractivity contribution is 7.12. The van der Waals surface area contributed by atoms with Gasteiger partial charge in [0.05, 0.1) is 10.9 Å². The summed E-state index contributed by atoms with van der Waals surface area (Å²) in [5.41, 5.74) is 0.790. The number of hydrogen-bond acceptors (Lipinski definition) is 5. The van der Waals surface area contributed by atoms with E-state index < -0.39 is 29.2 Å². The number of carbonyl (C=O) groups excluding carboxylic acids is 3. The summed E-state index contributed by atoms with van der Waals surface area (Å²) in [5, 5.41) is 1.82. The van der Waals surface area contributed by atoms with Crippen molar-refractivity contribution >= 4 is 40.4 Å². The average Bonchev–Trinajstić information content (AvgIpc) is 3.62. The number of thiophene rings is 1. The Morgan fingerprint density at radius 3 is 2.22 bits per heavy atom. The Kier molecular flexibility index (Phi) is 4.72. The second-order valence-corrected chi connectivity index (χ2v) is 10.6. The number of halogens is 1. The quantitative estimate of drug-likeness (QED) is 0.246. The summed E-state index contributed by atoms with van der Waals surface area (Å²) in [6.07, 6.45) is 3.75. The number of carbonyl (C=O) groups is 3. The number of benzene rings is 3. The zero-order valence-electron chi connectivity index (χ0n) is 19.5. The SMILES string of the molecule is O=C(c1cccs1)C1C(c2ccccc2F)C2(C(=O)c3ccccc3C2=O)C2C=Cc3ccccc3N12. The fourth-order valence-electron chi connectivity index (χ4n) is 6.55. The van der Waals surface area contributed by atoms with Gasteiger partial charge in [0.15, 0.2) is 17.3 Å². The second kappa shape index (κ2) is 7.92. The van der Waals surface area contributed by atoms with E-state index in [1.807, 2.05) is 46.7 Å². The summed E-state index contributed by atoms with van der Waals surface area (Å²) < 4.78 is 15.6. The van der Waals surface area contributed by atoms with Crippen LogP contribution in [0.3, 0.4) is 0 Å². The molecule has 4 aromatic rings. The molecule has 1 spiro atoms. The molecule has 3 aromatic carbocycles. The number of para-hydroxylation sites is 1. The second-order valence-electron chi connectivity index (χ2n) is 9.63. The van der Waals surface area contributed by atoms with Gasteiger partial charge < -0.3 is 4.90 Å². The highest BCUT2D eigenvalue weighted by Crippen LogP contribution is 2.61. The number of ketones is 3. The number of rotatable bonds is 3. The highest BCUT2D eigenvalue weighted by atomic mass is 32.1. The maximum atomic E-state index is 15.6. The first-order valence-corrected chi connectivity index (χ1v) is 13.0. The third kappa shape index (κ3) is 2.79. The van der Waals surface area contributed by atoms with Crippen LogP contribution in [-0.4, -0.2) is 29.4 Å². The third-order valence-electron chi connectivity index (χ3n) is 7.99. The first-order chi connectivity index (χ1) is 18.0. The largest absolute Gasteiger partial charge is 0.352 e. The minimum atomic E-state index is -1.69. The van der Waals surface area contributed by atoms with Crippen LogP contribution in [0.1, 0.15) is 47.4 Å². The number of Topliss-reactive ketones (excluding diaryl/α,β-unsaturated/α-hetero) is 3. The molecule has 2 aliphatic heterocycles. The number of hydrogen-bond donors (Lipinski definition) is 0. The molecule has 3 heterocycles. The van der Waals surface area contributed by atoms with Crippen molar-refractivity contribution in [2.24, 2.45) is 5.41 Å². The lowest BCUT2D eigenvalue weighted by Crippen LogP contribution is -2.48. The van der Waals surface area contributed by atoms with E-state index in [2.05, 4.69) is 0 Å². The first-order valence-electron chi connectivity index (χ1n) is 12.1. The molecular formula is C31H20FNO3S. The van der Waals surface area contributed by atoms with E-state index in [0.29, 0.717) is 16.0 Å². The van der Waals surface area contributed by atoms with Crippen LogP contribution in [-0.2, 0) is 0 Å². The van der Waals surface area contributed by atoms with Crippen LogP contribution in [0.25, 0.3) is 6.08 Å². The molecule has 0 amide bonds. The van der Waals surface area contributed by atoms with Gasteiger partial charge in [-0.25, -0.2) is 4.39 Å². The molecule has 4 nitrogen and oxygen atoms in total. The third-order valence-corrected chi connectivity index (χ3v) is 8.87. The highest BCUT2D eigenvalue weighted by Gasteiger charge is 2.71. The summed E-state index contributed by atoms with van der Waals surface area (Å²) in [4.78, 5) is 45.6. The van der Waals surface area contributed by atoms with Crippen LogP contribution in [0, 0.1) is 11.2 Å². The maximum Gasteiger partial charge on any atom is 0.195 e. The molecule has 7 rings (SSSR count). The van der Waals surface area contributed by atoms with Crippen LogP contribution in [0.5, 0.6) is 0 Å². The minimum Gasteiger partial charge on any atom is -0.352 e. The molecular weight excluding hydrogens is 485 g/mol. The van der Waals surface area contributed by atoms with E-state index in [1.165, 1.54) is 17.4 Å². The van der Waals surface area contributed by atoms with Crippen LogP contribution >= 0.6 is 11.3 Å². The van der Waals surface area contributed by atoms with E-state index in [1.54, 1.807) is 54.6 Å². The lowest BCUT2D eigenvalue weighted by molar-refractivity contribution is 0.0664. The van der Waals surface area contributed by atoms with E-state index >= 15 is 4.39 Å². The van der Waals surface area contributed by atoms with Crippen LogP contribution in [0.2, 0.25) is 0 Å². The van der Waals surface area contributed by atoms with Gasteiger partial charge in [-0.15, -0.1) is 11.3 Å². The van der Waals surface area contributed by atoms with Gasteiger partial charge in [0.1, 0.15) is 17.3 Å². The van der Waals surface area contributed by atoms with Crippen molar-refractivity contribution in [3.05, 3.63) is 129 Å². The molecule has 0 radical (unpaired) electrons. The van der Waals surface area contributed by atoms with Crippen LogP contribution < -0.4 is 4.90 Å². The standard InChI is InChI=1S/C31H20FNO3S/c32-22-12-5-4-11-21(22)26-27(28(34)24-14-7-17-37-24)33-23-13-6-1-8-18(23)15-16-25(33)31(26)29(35)19-9-2-3-10-20(19)30(31)36/h1-17,25-27H. The zero-order valence-corrected chi connectivity index (χ0v) is 20.3. The van der Waals surface area contributed by atoms with Crippen molar-refractivity contribution in [1.29, 1.82) is 0 Å². The summed E-state index contributed by atoms with van der Waals surface area (Å²) in [7, 11) is 0. The fraction of sp³-hybridized carbons (Fsp3) is 0.129. The molecule has 0 saturated carbocycles. The van der Waals surface area contributed by atoms with Crippen molar-refractivity contribution in [2.75, 3.05) is 4.90 Å². The molecule has 3 unspecified atom stereocenters. The molecule has 3 aliphatic rings. The predicted octanol–water partition coefficient (Wildman–Crippen LogP) is 6.20. The van der Waals surface area contributed by atoms with Gasteiger partial charge in [0, 0.05) is 22.7 Å². The van der Waals surface area contributed by atoms with Gasteiger partial charge in [0.2, 0.25) is 0 Å².